The first kappa shape index (κ1) is 20.2. The lowest BCUT2D eigenvalue weighted by Crippen LogP contribution is -2.17. The Bertz CT molecular complexity index is 885. The molecule has 0 aromatic heterocycles. The van der Waals surface area contributed by atoms with Gasteiger partial charge in [-0.3, -0.25) is 9.52 Å². The molecule has 0 aliphatic carbocycles. The van der Waals surface area contributed by atoms with Gasteiger partial charge in [0.25, 0.3) is 10.0 Å². The second kappa shape index (κ2) is 9.02. The Labute approximate surface area is 159 Å². The van der Waals surface area contributed by atoms with Gasteiger partial charge < -0.3 is 10.6 Å². The summed E-state index contributed by atoms with van der Waals surface area (Å²) >= 11 is 5.90. The van der Waals surface area contributed by atoms with E-state index in [9.17, 15) is 13.2 Å². The van der Waals surface area contributed by atoms with Crippen molar-refractivity contribution in [3.63, 3.8) is 0 Å². The standard InChI is InChI=1S/C18H22ClN3O3S/c1-13-8-9-15(21-18(23)7-4-10-20-2)12-17(13)26(24,25)22-16-6-3-5-14(19)11-16/h3,5-6,8-9,11-12,20,22H,4,7,10H2,1-2H3,(H,21,23). The van der Waals surface area contributed by atoms with Gasteiger partial charge in [0, 0.05) is 17.1 Å². The van der Waals surface area contributed by atoms with Crippen LogP contribution in [0.2, 0.25) is 5.02 Å². The largest absolute Gasteiger partial charge is 0.326 e. The van der Waals surface area contributed by atoms with Crippen molar-refractivity contribution in [1.82, 2.24) is 5.32 Å². The van der Waals surface area contributed by atoms with E-state index >= 15 is 0 Å². The molecule has 6 nitrogen and oxygen atoms in total. The van der Waals surface area contributed by atoms with Crippen LogP contribution < -0.4 is 15.4 Å². The van der Waals surface area contributed by atoms with Gasteiger partial charge in [-0.15, -0.1) is 0 Å². The summed E-state index contributed by atoms with van der Waals surface area (Å²) in [6, 6.07) is 11.3. The number of nitrogens with one attached hydrogen (secondary N) is 3. The number of hydrogen-bond acceptors (Lipinski definition) is 4. The number of anilines is 2. The number of hydrogen-bond donors (Lipinski definition) is 3. The van der Waals surface area contributed by atoms with E-state index in [0.29, 0.717) is 34.8 Å². The van der Waals surface area contributed by atoms with Crippen LogP contribution in [0, 0.1) is 6.92 Å². The first-order chi connectivity index (χ1) is 12.3. The number of halogens is 1. The number of amides is 1. The molecule has 3 N–H and O–H groups in total. The summed E-state index contributed by atoms with van der Waals surface area (Å²) in [5.74, 6) is -0.157. The summed E-state index contributed by atoms with van der Waals surface area (Å²) in [6.07, 6.45) is 1.06. The molecule has 0 spiro atoms. The fourth-order valence-corrected chi connectivity index (χ4v) is 3.89. The molecule has 1 amide bonds. The van der Waals surface area contributed by atoms with Gasteiger partial charge in [0.05, 0.1) is 10.6 Å². The molecule has 8 heteroatoms. The molecular formula is C18H22ClN3O3S. The zero-order valence-electron chi connectivity index (χ0n) is 14.7. The summed E-state index contributed by atoms with van der Waals surface area (Å²) < 4.78 is 27.9. The molecule has 0 aliphatic heterocycles. The molecule has 0 saturated carbocycles. The molecule has 0 radical (unpaired) electrons. The van der Waals surface area contributed by atoms with Crippen molar-refractivity contribution in [2.45, 2.75) is 24.7 Å². The smallest absolute Gasteiger partial charge is 0.262 e. The van der Waals surface area contributed by atoms with Gasteiger partial charge in [-0.25, -0.2) is 8.42 Å². The van der Waals surface area contributed by atoms with Gasteiger partial charge >= 0.3 is 0 Å². The van der Waals surface area contributed by atoms with E-state index < -0.39 is 10.0 Å². The average Bonchev–Trinajstić information content (AvgIpc) is 2.56. The molecule has 0 aliphatic rings. The molecule has 0 bridgehead atoms. The van der Waals surface area contributed by atoms with E-state index in [1.165, 1.54) is 12.1 Å². The van der Waals surface area contributed by atoms with Crippen molar-refractivity contribution in [2.75, 3.05) is 23.6 Å². The Morgan fingerprint density at radius 2 is 1.88 bits per heavy atom. The highest BCUT2D eigenvalue weighted by Gasteiger charge is 2.18. The third-order valence-electron chi connectivity index (χ3n) is 3.67. The minimum atomic E-state index is -3.81. The number of carbonyl (C=O) groups excluding carboxylic acids is 1. The van der Waals surface area contributed by atoms with Gasteiger partial charge in [-0.2, -0.15) is 0 Å². The van der Waals surface area contributed by atoms with Crippen molar-refractivity contribution in [1.29, 1.82) is 0 Å². The van der Waals surface area contributed by atoms with Crippen LogP contribution in [-0.2, 0) is 14.8 Å². The number of carbonyl (C=O) groups is 1. The van der Waals surface area contributed by atoms with Crippen molar-refractivity contribution >= 4 is 38.9 Å². The van der Waals surface area contributed by atoms with E-state index in [4.69, 9.17) is 11.6 Å². The van der Waals surface area contributed by atoms with Gasteiger partial charge in [0.1, 0.15) is 0 Å². The zero-order valence-corrected chi connectivity index (χ0v) is 16.2. The molecule has 26 heavy (non-hydrogen) atoms. The maximum atomic E-state index is 12.7. The summed E-state index contributed by atoms with van der Waals surface area (Å²) in [4.78, 5) is 12.0. The Kier molecular flexibility index (Phi) is 7.02. The monoisotopic (exact) mass is 395 g/mol. The molecular weight excluding hydrogens is 374 g/mol. The number of benzene rings is 2. The van der Waals surface area contributed by atoms with Crippen LogP contribution in [0.1, 0.15) is 18.4 Å². The number of sulfonamides is 1. The second-order valence-corrected chi connectivity index (χ2v) is 7.94. The average molecular weight is 396 g/mol. The molecule has 0 fully saturated rings. The van der Waals surface area contributed by atoms with Crippen molar-refractivity contribution < 1.29 is 13.2 Å². The van der Waals surface area contributed by atoms with Crippen LogP contribution in [0.4, 0.5) is 11.4 Å². The van der Waals surface area contributed by atoms with Crippen molar-refractivity contribution in [2.24, 2.45) is 0 Å². The molecule has 2 aromatic carbocycles. The van der Waals surface area contributed by atoms with Crippen LogP contribution in [-0.4, -0.2) is 27.9 Å². The van der Waals surface area contributed by atoms with Gasteiger partial charge in [0.2, 0.25) is 5.91 Å². The third-order valence-corrected chi connectivity index (χ3v) is 5.43. The quantitative estimate of drug-likeness (QED) is 0.598. The Balaban J connectivity index is 2.18. The lowest BCUT2D eigenvalue weighted by atomic mass is 10.2. The van der Waals surface area contributed by atoms with Crippen molar-refractivity contribution in [3.8, 4) is 0 Å². The third kappa shape index (κ3) is 5.72. The Morgan fingerprint density at radius 1 is 1.12 bits per heavy atom. The minimum absolute atomic E-state index is 0.102. The van der Waals surface area contributed by atoms with Crippen LogP contribution in [0.5, 0.6) is 0 Å². The highest BCUT2D eigenvalue weighted by molar-refractivity contribution is 7.92. The SMILES string of the molecule is CNCCCC(=O)Nc1ccc(C)c(S(=O)(=O)Nc2cccc(Cl)c2)c1. The lowest BCUT2D eigenvalue weighted by Gasteiger charge is -2.13. The van der Waals surface area contributed by atoms with Crippen LogP contribution in [0.25, 0.3) is 0 Å². The van der Waals surface area contributed by atoms with Gasteiger partial charge in [-0.1, -0.05) is 23.7 Å². The Morgan fingerprint density at radius 3 is 2.58 bits per heavy atom. The van der Waals surface area contributed by atoms with E-state index in [2.05, 4.69) is 15.4 Å². The van der Waals surface area contributed by atoms with Crippen molar-refractivity contribution in [3.05, 3.63) is 53.1 Å². The van der Waals surface area contributed by atoms with Gasteiger partial charge in [-0.05, 0) is 62.8 Å². The summed E-state index contributed by atoms with van der Waals surface area (Å²) in [6.45, 7) is 2.44. The summed E-state index contributed by atoms with van der Waals surface area (Å²) in [5.41, 5.74) is 1.39. The molecule has 0 saturated heterocycles. The topological polar surface area (TPSA) is 87.3 Å². The van der Waals surface area contributed by atoms with E-state index in [1.807, 2.05) is 7.05 Å². The van der Waals surface area contributed by atoms with E-state index in [1.54, 1.807) is 37.3 Å². The highest BCUT2D eigenvalue weighted by atomic mass is 35.5. The minimum Gasteiger partial charge on any atom is -0.326 e. The molecule has 2 rings (SSSR count). The molecule has 0 heterocycles. The fourth-order valence-electron chi connectivity index (χ4n) is 2.38. The number of rotatable bonds is 8. The normalized spacial score (nSPS) is 11.2. The molecule has 2 aromatic rings. The van der Waals surface area contributed by atoms with E-state index in [0.717, 1.165) is 6.54 Å². The highest BCUT2D eigenvalue weighted by Crippen LogP contribution is 2.24. The van der Waals surface area contributed by atoms with Crippen LogP contribution in [0.3, 0.4) is 0 Å². The van der Waals surface area contributed by atoms with Crippen LogP contribution in [0.15, 0.2) is 47.4 Å². The predicted octanol–water partition coefficient (Wildman–Crippen LogP) is 3.39. The summed E-state index contributed by atoms with van der Waals surface area (Å²) in [7, 11) is -1.99. The first-order valence-corrected chi connectivity index (χ1v) is 10.0. The van der Waals surface area contributed by atoms with Gasteiger partial charge in [0.15, 0.2) is 0 Å². The van der Waals surface area contributed by atoms with E-state index in [-0.39, 0.29) is 10.8 Å². The molecule has 140 valence electrons. The Hall–Kier alpha value is -2.09. The zero-order chi connectivity index (χ0) is 19.2. The maximum Gasteiger partial charge on any atom is 0.262 e. The molecule has 0 atom stereocenters. The first-order valence-electron chi connectivity index (χ1n) is 8.15. The lowest BCUT2D eigenvalue weighted by molar-refractivity contribution is -0.116. The predicted molar refractivity (Wildman–Crippen MR) is 105 cm³/mol. The fraction of sp³-hybridized carbons (Fsp3) is 0.278. The maximum absolute atomic E-state index is 12.7. The van der Waals surface area contributed by atoms with Crippen LogP contribution >= 0.6 is 11.6 Å². The number of aryl methyl sites for hydroxylation is 1. The molecule has 0 unspecified atom stereocenters. The second-order valence-electron chi connectivity index (χ2n) is 5.85. The summed E-state index contributed by atoms with van der Waals surface area (Å²) in [5, 5.41) is 6.14.